The number of hydrogen-bond acceptors (Lipinski definition) is 3. The molecule has 0 radical (unpaired) electrons. The zero-order chi connectivity index (χ0) is 11.5. The maximum atomic E-state index is 5.87. The first-order valence-corrected chi connectivity index (χ1v) is 5.84. The van der Waals surface area contributed by atoms with E-state index in [1.165, 1.54) is 5.69 Å². The number of nitrogens with zero attached hydrogens (tertiary/aromatic N) is 2. The molecule has 0 unspecified atom stereocenters. The van der Waals surface area contributed by atoms with Crippen LogP contribution in [-0.2, 0) is 0 Å². The van der Waals surface area contributed by atoms with Gasteiger partial charge in [0.1, 0.15) is 5.84 Å². The second kappa shape index (κ2) is 4.56. The normalized spacial score (nSPS) is 15.7. The number of anilines is 1. The number of amidine groups is 1. The minimum Gasteiger partial charge on any atom is -0.387 e. The lowest BCUT2D eigenvalue weighted by Gasteiger charge is -2.26. The summed E-state index contributed by atoms with van der Waals surface area (Å²) >= 11 is 0. The van der Waals surface area contributed by atoms with Gasteiger partial charge in [0.2, 0.25) is 0 Å². The monoisotopic (exact) mass is 217 g/mol. The summed E-state index contributed by atoms with van der Waals surface area (Å²) in [5, 5.41) is 0. The molecule has 3 nitrogen and oxygen atoms in total. The predicted octanol–water partition coefficient (Wildman–Crippen LogP) is 2.54. The Balaban J connectivity index is 2.34. The summed E-state index contributed by atoms with van der Waals surface area (Å²) in [6, 6.07) is 8.22. The standard InChI is InChI=1S/C13H19N3/c1-10(2)9-16-8-7-13(14)15-11-5-3-4-6-12(11)16/h3-6,10H,7-9H2,1-2H3,(H2,14,15). The Morgan fingerprint density at radius 1 is 1.38 bits per heavy atom. The third kappa shape index (κ3) is 2.35. The highest BCUT2D eigenvalue weighted by molar-refractivity contribution is 5.87. The van der Waals surface area contributed by atoms with Crippen molar-refractivity contribution in [2.45, 2.75) is 20.3 Å². The van der Waals surface area contributed by atoms with Crippen molar-refractivity contribution in [1.82, 2.24) is 0 Å². The van der Waals surface area contributed by atoms with Gasteiger partial charge in [0.15, 0.2) is 0 Å². The van der Waals surface area contributed by atoms with Crippen molar-refractivity contribution in [2.75, 3.05) is 18.0 Å². The van der Waals surface area contributed by atoms with Crippen LogP contribution in [0.25, 0.3) is 0 Å². The third-order valence-corrected chi connectivity index (χ3v) is 2.71. The van der Waals surface area contributed by atoms with Gasteiger partial charge in [-0.2, -0.15) is 0 Å². The van der Waals surface area contributed by atoms with Gasteiger partial charge in [0, 0.05) is 19.5 Å². The summed E-state index contributed by atoms with van der Waals surface area (Å²) in [5.41, 5.74) is 8.07. The van der Waals surface area contributed by atoms with Crippen molar-refractivity contribution in [2.24, 2.45) is 16.6 Å². The zero-order valence-corrected chi connectivity index (χ0v) is 9.98. The summed E-state index contributed by atoms with van der Waals surface area (Å²) in [6.07, 6.45) is 0.849. The maximum Gasteiger partial charge on any atom is 0.101 e. The van der Waals surface area contributed by atoms with Crippen molar-refractivity contribution in [3.05, 3.63) is 24.3 Å². The Kier molecular flexibility index (Phi) is 3.13. The van der Waals surface area contributed by atoms with Gasteiger partial charge in [-0.3, -0.25) is 0 Å². The highest BCUT2D eigenvalue weighted by Crippen LogP contribution is 2.31. The van der Waals surface area contributed by atoms with E-state index < -0.39 is 0 Å². The summed E-state index contributed by atoms with van der Waals surface area (Å²) in [5.74, 6) is 1.38. The second-order valence-electron chi connectivity index (χ2n) is 4.68. The molecule has 1 aromatic rings. The van der Waals surface area contributed by atoms with Crippen LogP contribution >= 0.6 is 0 Å². The molecule has 1 heterocycles. The molecule has 0 amide bonds. The Morgan fingerprint density at radius 3 is 2.88 bits per heavy atom. The van der Waals surface area contributed by atoms with Crippen molar-refractivity contribution in [1.29, 1.82) is 0 Å². The van der Waals surface area contributed by atoms with Gasteiger partial charge >= 0.3 is 0 Å². The first-order chi connectivity index (χ1) is 7.66. The molecule has 0 spiro atoms. The fourth-order valence-electron chi connectivity index (χ4n) is 2.04. The minimum atomic E-state index is 0.646. The number of benzene rings is 1. The van der Waals surface area contributed by atoms with E-state index in [0.29, 0.717) is 5.92 Å². The largest absolute Gasteiger partial charge is 0.387 e. The van der Waals surface area contributed by atoms with Crippen LogP contribution in [0.3, 0.4) is 0 Å². The van der Waals surface area contributed by atoms with Gasteiger partial charge in [-0.05, 0) is 18.1 Å². The van der Waals surface area contributed by atoms with E-state index in [0.717, 1.165) is 31.0 Å². The SMILES string of the molecule is CC(C)CN1CCC(N)=Nc2ccccc21. The molecular formula is C13H19N3. The lowest BCUT2D eigenvalue weighted by atomic mass is 10.1. The molecule has 0 aliphatic carbocycles. The molecule has 0 aromatic heterocycles. The molecule has 16 heavy (non-hydrogen) atoms. The summed E-state index contributed by atoms with van der Waals surface area (Å²) in [4.78, 5) is 6.83. The molecule has 0 fully saturated rings. The van der Waals surface area contributed by atoms with Crippen LogP contribution in [0.2, 0.25) is 0 Å². The second-order valence-corrected chi connectivity index (χ2v) is 4.68. The van der Waals surface area contributed by atoms with Crippen molar-refractivity contribution < 1.29 is 0 Å². The Morgan fingerprint density at radius 2 is 2.12 bits per heavy atom. The van der Waals surface area contributed by atoms with Crippen LogP contribution in [0.4, 0.5) is 11.4 Å². The smallest absolute Gasteiger partial charge is 0.101 e. The third-order valence-electron chi connectivity index (χ3n) is 2.71. The van der Waals surface area contributed by atoms with E-state index >= 15 is 0 Å². The molecule has 3 heteroatoms. The van der Waals surface area contributed by atoms with E-state index in [-0.39, 0.29) is 0 Å². The number of fused-ring (bicyclic) bond motifs is 1. The van der Waals surface area contributed by atoms with Gasteiger partial charge in [0.25, 0.3) is 0 Å². The lowest BCUT2D eigenvalue weighted by molar-refractivity contribution is 0.615. The molecule has 1 aromatic carbocycles. The average molecular weight is 217 g/mol. The van der Waals surface area contributed by atoms with Gasteiger partial charge in [-0.1, -0.05) is 26.0 Å². The van der Waals surface area contributed by atoms with E-state index in [2.05, 4.69) is 35.9 Å². The van der Waals surface area contributed by atoms with Crippen molar-refractivity contribution in [3.63, 3.8) is 0 Å². The number of rotatable bonds is 2. The van der Waals surface area contributed by atoms with Gasteiger partial charge in [-0.15, -0.1) is 0 Å². The highest BCUT2D eigenvalue weighted by atomic mass is 15.2. The van der Waals surface area contributed by atoms with Gasteiger partial charge in [-0.25, -0.2) is 4.99 Å². The van der Waals surface area contributed by atoms with Crippen LogP contribution in [0.5, 0.6) is 0 Å². The van der Waals surface area contributed by atoms with Crippen LogP contribution in [0.15, 0.2) is 29.3 Å². The summed E-state index contributed by atoms with van der Waals surface area (Å²) < 4.78 is 0. The number of nitrogens with two attached hydrogens (primary N) is 1. The molecule has 86 valence electrons. The summed E-state index contributed by atoms with van der Waals surface area (Å²) in [6.45, 7) is 6.49. The number of hydrogen-bond donors (Lipinski definition) is 1. The Bertz CT molecular complexity index is 396. The van der Waals surface area contributed by atoms with Crippen molar-refractivity contribution >= 4 is 17.2 Å². The lowest BCUT2D eigenvalue weighted by Crippen LogP contribution is -2.29. The van der Waals surface area contributed by atoms with Gasteiger partial charge < -0.3 is 10.6 Å². The summed E-state index contributed by atoms with van der Waals surface area (Å²) in [7, 11) is 0. The molecule has 2 rings (SSSR count). The number of aliphatic imine (C=N–C) groups is 1. The van der Waals surface area contributed by atoms with Crippen LogP contribution in [0, 0.1) is 5.92 Å². The Labute approximate surface area is 97.0 Å². The van der Waals surface area contributed by atoms with Crippen molar-refractivity contribution in [3.8, 4) is 0 Å². The molecule has 0 atom stereocenters. The van der Waals surface area contributed by atoms with Crippen LogP contribution < -0.4 is 10.6 Å². The average Bonchev–Trinajstić information content (AvgIpc) is 2.38. The molecule has 0 saturated heterocycles. The Hall–Kier alpha value is -1.51. The maximum absolute atomic E-state index is 5.87. The van der Waals surface area contributed by atoms with E-state index in [1.54, 1.807) is 0 Å². The van der Waals surface area contributed by atoms with Crippen LogP contribution in [-0.4, -0.2) is 18.9 Å². The fourth-order valence-corrected chi connectivity index (χ4v) is 2.04. The molecule has 2 N–H and O–H groups in total. The first-order valence-electron chi connectivity index (χ1n) is 5.84. The van der Waals surface area contributed by atoms with Crippen LogP contribution in [0.1, 0.15) is 20.3 Å². The predicted molar refractivity (Wildman–Crippen MR) is 69.4 cm³/mol. The van der Waals surface area contributed by atoms with Gasteiger partial charge in [0.05, 0.1) is 11.4 Å². The fraction of sp³-hybridized carbons (Fsp3) is 0.462. The minimum absolute atomic E-state index is 0.646. The van der Waals surface area contributed by atoms with E-state index in [1.807, 2.05) is 12.1 Å². The zero-order valence-electron chi connectivity index (χ0n) is 9.98. The molecule has 0 saturated carbocycles. The first kappa shape index (κ1) is 11.0. The van der Waals surface area contributed by atoms with E-state index in [9.17, 15) is 0 Å². The molecular weight excluding hydrogens is 198 g/mol. The quantitative estimate of drug-likeness (QED) is 0.827. The molecule has 1 aliphatic heterocycles. The topological polar surface area (TPSA) is 41.6 Å². The van der Waals surface area contributed by atoms with E-state index in [4.69, 9.17) is 5.73 Å². The highest BCUT2D eigenvalue weighted by Gasteiger charge is 2.15. The molecule has 1 aliphatic rings. The molecule has 0 bridgehead atoms. The number of para-hydroxylation sites is 2.